The summed E-state index contributed by atoms with van der Waals surface area (Å²) in [6.45, 7) is 4.86. The van der Waals surface area contributed by atoms with Crippen LogP contribution in [0.5, 0.6) is 0 Å². The maximum Gasteiger partial charge on any atom is 0.147 e. The minimum absolute atomic E-state index is 0.584. The molecule has 3 nitrogen and oxygen atoms in total. The number of aromatic nitrogens is 2. The fraction of sp³-hybridized carbons (Fsp3) is 0.389. The van der Waals surface area contributed by atoms with Gasteiger partial charge in [0.25, 0.3) is 0 Å². The molecule has 1 aromatic carbocycles. The van der Waals surface area contributed by atoms with E-state index in [1.54, 1.807) is 18.6 Å². The van der Waals surface area contributed by atoms with Gasteiger partial charge in [-0.3, -0.25) is 0 Å². The second-order valence-electron chi connectivity index (χ2n) is 5.42. The van der Waals surface area contributed by atoms with Gasteiger partial charge in [0.15, 0.2) is 0 Å². The molecule has 0 unspecified atom stereocenters. The Hall–Kier alpha value is -1.45. The molecule has 0 aliphatic carbocycles. The Morgan fingerprint density at radius 1 is 1.22 bits per heavy atom. The van der Waals surface area contributed by atoms with Gasteiger partial charge in [-0.25, -0.2) is 4.98 Å². The Morgan fingerprint density at radius 2 is 2.04 bits per heavy atom. The third-order valence-corrected chi connectivity index (χ3v) is 4.19. The highest BCUT2D eigenvalue weighted by Gasteiger charge is 2.13. The number of hydrogen-bond acceptors (Lipinski definition) is 2. The Kier molecular flexibility index (Phi) is 7.00. The van der Waals surface area contributed by atoms with Crippen LogP contribution < -0.4 is 0 Å². The van der Waals surface area contributed by atoms with Gasteiger partial charge in [0, 0.05) is 23.0 Å². The molecule has 0 amide bonds. The molecule has 0 fully saturated rings. The minimum atomic E-state index is 0.584. The number of halogens is 2. The summed E-state index contributed by atoms with van der Waals surface area (Å²) in [6, 6.07) is 5.46. The number of benzene rings is 1. The van der Waals surface area contributed by atoms with Gasteiger partial charge in [0.2, 0.25) is 0 Å². The van der Waals surface area contributed by atoms with Crippen LogP contribution in [0.25, 0.3) is 11.5 Å². The third-order valence-electron chi connectivity index (χ3n) is 3.64. The number of unbranched alkanes of at least 4 members (excludes halogenated alkanes) is 3. The lowest BCUT2D eigenvalue weighted by molar-refractivity contribution is 0.267. The number of imidazole rings is 1. The van der Waals surface area contributed by atoms with Crippen molar-refractivity contribution in [2.45, 2.75) is 39.5 Å². The van der Waals surface area contributed by atoms with Crippen LogP contribution in [0, 0.1) is 0 Å². The first kappa shape index (κ1) is 17.9. The standard InChI is InChI=1S/C18H22Cl2N2O/c1-3-4-5-6-11-23-18(14(2)22-10-9-21-13-22)16-8-7-15(19)12-17(16)20/h7-10,12-13H,3-6,11H2,1-2H3/b18-14-. The molecule has 0 aliphatic heterocycles. The first-order valence-electron chi connectivity index (χ1n) is 7.91. The molecular formula is C18H22Cl2N2O. The van der Waals surface area contributed by atoms with Crippen LogP contribution in [0.3, 0.4) is 0 Å². The lowest BCUT2D eigenvalue weighted by Crippen LogP contribution is -2.02. The molecule has 0 saturated carbocycles. The van der Waals surface area contributed by atoms with E-state index < -0.39 is 0 Å². The van der Waals surface area contributed by atoms with Crippen molar-refractivity contribution in [1.29, 1.82) is 0 Å². The molecule has 2 rings (SSSR count). The Labute approximate surface area is 147 Å². The summed E-state index contributed by atoms with van der Waals surface area (Å²) in [5, 5.41) is 1.20. The normalized spacial score (nSPS) is 12.2. The Morgan fingerprint density at radius 3 is 2.70 bits per heavy atom. The molecule has 2 aromatic rings. The zero-order chi connectivity index (χ0) is 16.7. The van der Waals surface area contributed by atoms with E-state index in [9.17, 15) is 0 Å². The highest BCUT2D eigenvalue weighted by Crippen LogP contribution is 2.31. The van der Waals surface area contributed by atoms with Crippen molar-refractivity contribution in [3.8, 4) is 0 Å². The van der Waals surface area contributed by atoms with Gasteiger partial charge in [-0.2, -0.15) is 0 Å². The molecule has 0 atom stereocenters. The molecule has 124 valence electrons. The number of hydrogen-bond donors (Lipinski definition) is 0. The molecule has 0 radical (unpaired) electrons. The number of allylic oxidation sites excluding steroid dienone is 1. The van der Waals surface area contributed by atoms with E-state index >= 15 is 0 Å². The van der Waals surface area contributed by atoms with Gasteiger partial charge in [-0.05, 0) is 31.5 Å². The van der Waals surface area contributed by atoms with Crippen molar-refractivity contribution >= 4 is 34.7 Å². The highest BCUT2D eigenvalue weighted by molar-refractivity contribution is 6.35. The first-order valence-corrected chi connectivity index (χ1v) is 8.66. The SMILES string of the molecule is CCCCCCO/C(=C(/C)n1ccnc1)c1ccc(Cl)cc1Cl. The molecule has 0 spiro atoms. The smallest absolute Gasteiger partial charge is 0.147 e. The fourth-order valence-corrected chi connectivity index (χ4v) is 2.82. The van der Waals surface area contributed by atoms with Crippen LogP contribution >= 0.6 is 23.2 Å². The highest BCUT2D eigenvalue weighted by atomic mass is 35.5. The maximum absolute atomic E-state index is 6.37. The first-order chi connectivity index (χ1) is 11.1. The summed E-state index contributed by atoms with van der Waals surface area (Å²) in [5.74, 6) is 0.765. The number of ether oxygens (including phenoxy) is 1. The third kappa shape index (κ3) is 5.02. The molecule has 5 heteroatoms. The van der Waals surface area contributed by atoms with Gasteiger partial charge in [-0.1, -0.05) is 49.4 Å². The summed E-state index contributed by atoms with van der Waals surface area (Å²) in [6.07, 6.45) is 10.0. The van der Waals surface area contributed by atoms with Gasteiger partial charge in [0.1, 0.15) is 5.76 Å². The van der Waals surface area contributed by atoms with Crippen LogP contribution in [0.1, 0.15) is 45.1 Å². The second-order valence-corrected chi connectivity index (χ2v) is 6.26. The van der Waals surface area contributed by atoms with Crippen molar-refractivity contribution in [3.05, 3.63) is 52.5 Å². The quantitative estimate of drug-likeness (QED) is 0.421. The van der Waals surface area contributed by atoms with Crippen molar-refractivity contribution in [2.24, 2.45) is 0 Å². The van der Waals surface area contributed by atoms with Gasteiger partial charge >= 0.3 is 0 Å². The summed E-state index contributed by atoms with van der Waals surface area (Å²) < 4.78 is 8.01. The average Bonchev–Trinajstić information content (AvgIpc) is 3.06. The van der Waals surface area contributed by atoms with E-state index in [0.717, 1.165) is 23.4 Å². The van der Waals surface area contributed by atoms with Crippen LogP contribution in [-0.2, 0) is 4.74 Å². The molecule has 0 bridgehead atoms. The van der Waals surface area contributed by atoms with Gasteiger partial charge in [0.05, 0.1) is 23.7 Å². The van der Waals surface area contributed by atoms with E-state index in [0.29, 0.717) is 16.7 Å². The van der Waals surface area contributed by atoms with Crippen LogP contribution in [0.4, 0.5) is 0 Å². The van der Waals surface area contributed by atoms with Gasteiger partial charge < -0.3 is 9.30 Å². The average molecular weight is 353 g/mol. The molecule has 0 N–H and O–H groups in total. The number of nitrogens with zero attached hydrogens (tertiary/aromatic N) is 2. The van der Waals surface area contributed by atoms with Gasteiger partial charge in [-0.15, -0.1) is 0 Å². The van der Waals surface area contributed by atoms with Crippen LogP contribution in [-0.4, -0.2) is 16.2 Å². The van der Waals surface area contributed by atoms with Crippen molar-refractivity contribution in [3.63, 3.8) is 0 Å². The summed E-state index contributed by atoms with van der Waals surface area (Å²) in [7, 11) is 0. The van der Waals surface area contributed by atoms with E-state index in [-0.39, 0.29) is 0 Å². The fourth-order valence-electron chi connectivity index (χ4n) is 2.33. The van der Waals surface area contributed by atoms with E-state index in [2.05, 4.69) is 11.9 Å². The summed E-state index contributed by atoms with van der Waals surface area (Å²) >= 11 is 12.4. The Bertz CT molecular complexity index is 651. The lowest BCUT2D eigenvalue weighted by Gasteiger charge is -2.16. The van der Waals surface area contributed by atoms with Crippen LogP contribution in [0.2, 0.25) is 10.0 Å². The second kappa shape index (κ2) is 8.99. The van der Waals surface area contributed by atoms with E-state index in [1.807, 2.05) is 29.8 Å². The topological polar surface area (TPSA) is 27.1 Å². The predicted octanol–water partition coefficient (Wildman–Crippen LogP) is 6.13. The molecule has 1 aromatic heterocycles. The maximum atomic E-state index is 6.37. The largest absolute Gasteiger partial charge is 0.491 e. The van der Waals surface area contributed by atoms with Crippen molar-refractivity contribution < 1.29 is 4.74 Å². The van der Waals surface area contributed by atoms with Crippen molar-refractivity contribution in [1.82, 2.24) is 9.55 Å². The monoisotopic (exact) mass is 352 g/mol. The van der Waals surface area contributed by atoms with E-state index in [4.69, 9.17) is 27.9 Å². The summed E-state index contributed by atoms with van der Waals surface area (Å²) in [4.78, 5) is 4.10. The molecule has 0 aliphatic rings. The Balaban J connectivity index is 2.26. The minimum Gasteiger partial charge on any atom is -0.491 e. The molecule has 0 saturated heterocycles. The molecule has 23 heavy (non-hydrogen) atoms. The lowest BCUT2D eigenvalue weighted by atomic mass is 10.1. The van der Waals surface area contributed by atoms with Crippen LogP contribution in [0.15, 0.2) is 36.9 Å². The molecular weight excluding hydrogens is 331 g/mol. The van der Waals surface area contributed by atoms with E-state index in [1.165, 1.54) is 19.3 Å². The predicted molar refractivity (Wildman–Crippen MR) is 97.6 cm³/mol. The zero-order valence-corrected chi connectivity index (χ0v) is 15.1. The molecule has 1 heterocycles. The number of rotatable bonds is 8. The zero-order valence-electron chi connectivity index (χ0n) is 13.6. The summed E-state index contributed by atoms with van der Waals surface area (Å²) in [5.41, 5.74) is 1.79. The van der Waals surface area contributed by atoms with Crippen molar-refractivity contribution in [2.75, 3.05) is 6.61 Å².